The first-order valence-electron chi connectivity index (χ1n) is 10.7. The number of cyclic esters (lactones) is 1. The van der Waals surface area contributed by atoms with E-state index in [1.807, 2.05) is 18.2 Å². The molecule has 30 heavy (non-hydrogen) atoms. The maximum atomic E-state index is 12.6. The van der Waals surface area contributed by atoms with Gasteiger partial charge in [0.2, 0.25) is 0 Å². The molecule has 2 atom stereocenters. The van der Waals surface area contributed by atoms with Gasteiger partial charge in [-0.3, -0.25) is 4.79 Å². The second kappa shape index (κ2) is 7.75. The molecule has 0 spiro atoms. The minimum Gasteiger partial charge on any atom is -0.464 e. The Bertz CT molecular complexity index is 1010. The normalized spacial score (nSPS) is 21.9. The van der Waals surface area contributed by atoms with Gasteiger partial charge in [0.15, 0.2) is 0 Å². The van der Waals surface area contributed by atoms with Gasteiger partial charge in [-0.25, -0.2) is 0 Å². The van der Waals surface area contributed by atoms with Crippen LogP contribution in [0, 0.1) is 0 Å². The van der Waals surface area contributed by atoms with Crippen LogP contribution in [0.1, 0.15) is 56.7 Å². The van der Waals surface area contributed by atoms with E-state index in [1.165, 1.54) is 16.7 Å². The Morgan fingerprint density at radius 2 is 1.43 bits per heavy atom. The van der Waals surface area contributed by atoms with Gasteiger partial charge in [0.05, 0.1) is 5.92 Å². The third kappa shape index (κ3) is 4.05. The van der Waals surface area contributed by atoms with E-state index in [4.69, 9.17) is 4.74 Å². The average molecular weight is 399 g/mol. The maximum absolute atomic E-state index is 12.6. The molecule has 3 aromatic rings. The molecule has 1 aliphatic rings. The SMILES string of the molecule is CC(C)(C)c1ccc(C2(C)COC(=O)C(c3ccc(-c4ccccc4)cc3)C2)cc1. The average Bonchev–Trinajstić information content (AvgIpc) is 2.76. The lowest BCUT2D eigenvalue weighted by atomic mass is 9.72. The minimum absolute atomic E-state index is 0.119. The summed E-state index contributed by atoms with van der Waals surface area (Å²) in [5.74, 6) is -0.359. The second-order valence-corrected chi connectivity index (χ2v) is 9.74. The molecule has 2 nitrogen and oxygen atoms in total. The van der Waals surface area contributed by atoms with E-state index in [1.54, 1.807) is 0 Å². The fourth-order valence-electron chi connectivity index (χ4n) is 4.29. The highest BCUT2D eigenvalue weighted by Gasteiger charge is 2.40. The molecule has 2 unspecified atom stereocenters. The van der Waals surface area contributed by atoms with Crippen LogP contribution in [0.3, 0.4) is 0 Å². The Labute approximate surface area is 179 Å². The van der Waals surface area contributed by atoms with E-state index in [2.05, 4.69) is 88.4 Å². The molecule has 0 amide bonds. The van der Waals surface area contributed by atoms with Crippen LogP contribution in [0.15, 0.2) is 78.9 Å². The van der Waals surface area contributed by atoms with E-state index in [0.29, 0.717) is 6.61 Å². The van der Waals surface area contributed by atoms with Crippen molar-refractivity contribution in [2.24, 2.45) is 0 Å². The molecular weight excluding hydrogens is 368 g/mol. The number of carbonyl (C=O) groups is 1. The molecule has 0 N–H and O–H groups in total. The van der Waals surface area contributed by atoms with Gasteiger partial charge in [-0.2, -0.15) is 0 Å². The lowest BCUT2D eigenvalue weighted by Gasteiger charge is -2.38. The summed E-state index contributed by atoms with van der Waals surface area (Å²) in [6.07, 6.45) is 0.755. The highest BCUT2D eigenvalue weighted by molar-refractivity contribution is 5.80. The molecule has 1 saturated heterocycles. The van der Waals surface area contributed by atoms with Gasteiger partial charge < -0.3 is 4.74 Å². The highest BCUT2D eigenvalue weighted by atomic mass is 16.5. The smallest absolute Gasteiger partial charge is 0.313 e. The Morgan fingerprint density at radius 3 is 2.03 bits per heavy atom. The third-order valence-corrected chi connectivity index (χ3v) is 6.34. The van der Waals surface area contributed by atoms with Crippen molar-refractivity contribution in [3.63, 3.8) is 0 Å². The predicted molar refractivity (Wildman–Crippen MR) is 123 cm³/mol. The van der Waals surface area contributed by atoms with Gasteiger partial charge in [0.25, 0.3) is 0 Å². The molecular formula is C28H30O2. The number of hydrogen-bond acceptors (Lipinski definition) is 2. The van der Waals surface area contributed by atoms with Crippen molar-refractivity contribution >= 4 is 5.97 Å². The van der Waals surface area contributed by atoms with Gasteiger partial charge in [-0.05, 0) is 39.7 Å². The quantitative estimate of drug-likeness (QED) is 0.462. The van der Waals surface area contributed by atoms with Crippen molar-refractivity contribution in [3.8, 4) is 11.1 Å². The van der Waals surface area contributed by atoms with Crippen LogP contribution in [0.4, 0.5) is 0 Å². The van der Waals surface area contributed by atoms with E-state index in [9.17, 15) is 4.79 Å². The second-order valence-electron chi connectivity index (χ2n) is 9.74. The summed E-state index contributed by atoms with van der Waals surface area (Å²) < 4.78 is 5.69. The molecule has 0 saturated carbocycles. The number of benzene rings is 3. The molecule has 0 bridgehead atoms. The van der Waals surface area contributed by atoms with Crippen LogP contribution in [0.5, 0.6) is 0 Å². The maximum Gasteiger partial charge on any atom is 0.313 e. The Hall–Kier alpha value is -2.87. The van der Waals surface area contributed by atoms with Crippen molar-refractivity contribution in [2.45, 2.75) is 50.9 Å². The van der Waals surface area contributed by atoms with Crippen LogP contribution in [0.25, 0.3) is 11.1 Å². The molecule has 1 fully saturated rings. The first-order chi connectivity index (χ1) is 14.3. The first-order valence-corrected chi connectivity index (χ1v) is 10.7. The molecule has 1 aliphatic heterocycles. The lowest BCUT2D eigenvalue weighted by molar-refractivity contribution is -0.153. The van der Waals surface area contributed by atoms with Crippen LogP contribution in [-0.2, 0) is 20.4 Å². The molecule has 1 heterocycles. The topological polar surface area (TPSA) is 26.3 Å². The van der Waals surface area contributed by atoms with Crippen molar-refractivity contribution in [3.05, 3.63) is 95.6 Å². The summed E-state index contributed by atoms with van der Waals surface area (Å²) >= 11 is 0. The van der Waals surface area contributed by atoms with Gasteiger partial charge in [-0.15, -0.1) is 0 Å². The predicted octanol–water partition coefficient (Wildman–Crippen LogP) is 6.64. The standard InChI is InChI=1S/C28H30O2/c1-27(2,3)23-14-16-24(17-15-23)28(4)18-25(26(29)30-19-28)22-12-10-21(11-13-22)20-8-6-5-7-9-20/h5-17,25H,18-19H2,1-4H3. The summed E-state index contributed by atoms with van der Waals surface area (Å²) in [6.45, 7) is 9.31. The van der Waals surface area contributed by atoms with E-state index < -0.39 is 0 Å². The fourth-order valence-corrected chi connectivity index (χ4v) is 4.29. The molecule has 0 aliphatic carbocycles. The lowest BCUT2D eigenvalue weighted by Crippen LogP contribution is -2.39. The summed E-state index contributed by atoms with van der Waals surface area (Å²) in [5.41, 5.74) is 5.85. The Balaban J connectivity index is 1.58. The summed E-state index contributed by atoms with van der Waals surface area (Å²) in [7, 11) is 0. The van der Waals surface area contributed by atoms with Crippen molar-refractivity contribution in [2.75, 3.05) is 6.61 Å². The zero-order valence-corrected chi connectivity index (χ0v) is 18.3. The van der Waals surface area contributed by atoms with Crippen molar-refractivity contribution in [1.82, 2.24) is 0 Å². The number of esters is 1. The van der Waals surface area contributed by atoms with Gasteiger partial charge in [-0.1, -0.05) is 107 Å². The first kappa shape index (κ1) is 20.4. The monoisotopic (exact) mass is 398 g/mol. The Kier molecular flexibility index (Phi) is 5.27. The highest BCUT2D eigenvalue weighted by Crippen LogP contribution is 2.41. The fraction of sp³-hybridized carbons (Fsp3) is 0.321. The molecule has 0 radical (unpaired) electrons. The number of hydrogen-bond donors (Lipinski definition) is 0. The summed E-state index contributed by atoms with van der Waals surface area (Å²) in [4.78, 5) is 12.6. The van der Waals surface area contributed by atoms with E-state index in [-0.39, 0.29) is 22.7 Å². The largest absolute Gasteiger partial charge is 0.464 e. The van der Waals surface area contributed by atoms with Gasteiger partial charge in [0.1, 0.15) is 6.61 Å². The zero-order chi connectivity index (χ0) is 21.4. The van der Waals surface area contributed by atoms with Crippen LogP contribution in [0.2, 0.25) is 0 Å². The summed E-state index contributed by atoms with van der Waals surface area (Å²) in [6, 6.07) is 27.5. The van der Waals surface area contributed by atoms with E-state index >= 15 is 0 Å². The zero-order valence-electron chi connectivity index (χ0n) is 18.3. The van der Waals surface area contributed by atoms with Crippen molar-refractivity contribution < 1.29 is 9.53 Å². The van der Waals surface area contributed by atoms with Crippen LogP contribution >= 0.6 is 0 Å². The van der Waals surface area contributed by atoms with Crippen LogP contribution < -0.4 is 0 Å². The number of ether oxygens (including phenoxy) is 1. The van der Waals surface area contributed by atoms with Crippen LogP contribution in [-0.4, -0.2) is 12.6 Å². The Morgan fingerprint density at radius 1 is 0.833 bits per heavy atom. The number of carbonyl (C=O) groups excluding carboxylic acids is 1. The minimum atomic E-state index is -0.240. The van der Waals surface area contributed by atoms with Crippen molar-refractivity contribution in [1.29, 1.82) is 0 Å². The molecule has 4 rings (SSSR count). The van der Waals surface area contributed by atoms with Gasteiger partial charge >= 0.3 is 5.97 Å². The molecule has 2 heteroatoms. The van der Waals surface area contributed by atoms with Gasteiger partial charge in [0, 0.05) is 5.41 Å². The molecule has 154 valence electrons. The third-order valence-electron chi connectivity index (χ3n) is 6.34. The molecule has 0 aromatic heterocycles. The molecule has 3 aromatic carbocycles. The van der Waals surface area contributed by atoms with E-state index in [0.717, 1.165) is 17.5 Å². The number of rotatable bonds is 3. The summed E-state index contributed by atoms with van der Waals surface area (Å²) in [5, 5.41) is 0.